The molecule has 3 atom stereocenters. The van der Waals surface area contributed by atoms with Crippen molar-refractivity contribution in [3.8, 4) is 0 Å². The Morgan fingerprint density at radius 1 is 1.15 bits per heavy atom. The summed E-state index contributed by atoms with van der Waals surface area (Å²) in [5.74, 6) is 3.42. The first-order valence-corrected chi connectivity index (χ1v) is 9.06. The average Bonchev–Trinajstić information content (AvgIpc) is 3.35. The van der Waals surface area contributed by atoms with Gasteiger partial charge in [-0.2, -0.15) is 0 Å². The van der Waals surface area contributed by atoms with E-state index >= 15 is 0 Å². The number of carbonyl (C=O) groups excluding carboxylic acids is 1. The molecule has 20 heavy (non-hydrogen) atoms. The Morgan fingerprint density at radius 2 is 1.95 bits per heavy atom. The van der Waals surface area contributed by atoms with Crippen LogP contribution in [0.1, 0.15) is 48.6 Å². The molecule has 1 aromatic heterocycles. The van der Waals surface area contributed by atoms with Crippen molar-refractivity contribution in [1.82, 2.24) is 4.90 Å². The molecule has 3 aliphatic carbocycles. The molecule has 3 saturated carbocycles. The molecule has 0 N–H and O–H groups in total. The molecule has 1 amide bonds. The van der Waals surface area contributed by atoms with Gasteiger partial charge in [-0.1, -0.05) is 0 Å². The molecule has 2 heterocycles. The van der Waals surface area contributed by atoms with Crippen LogP contribution in [0.4, 0.5) is 0 Å². The zero-order chi connectivity index (χ0) is 13.3. The third-order valence-electron chi connectivity index (χ3n) is 5.96. The molecule has 2 nitrogen and oxygen atoms in total. The van der Waals surface area contributed by atoms with Crippen molar-refractivity contribution >= 4 is 17.2 Å². The number of thiophene rings is 1. The summed E-state index contributed by atoms with van der Waals surface area (Å²) >= 11 is 1.89. The summed E-state index contributed by atoms with van der Waals surface area (Å²) in [7, 11) is 0. The molecule has 3 heteroatoms. The zero-order valence-corrected chi connectivity index (χ0v) is 12.6. The largest absolute Gasteiger partial charge is 0.335 e. The van der Waals surface area contributed by atoms with Crippen LogP contribution < -0.4 is 0 Å². The zero-order valence-electron chi connectivity index (χ0n) is 11.8. The molecule has 4 aliphatic rings. The number of hydrogen-bond donors (Lipinski definition) is 0. The molecule has 3 unspecified atom stereocenters. The van der Waals surface area contributed by atoms with E-state index in [1.54, 1.807) is 4.88 Å². The molecular formula is C17H21NOS. The first-order chi connectivity index (χ1) is 9.81. The SMILES string of the molecule is O=C(C1CC2CC2C1)N1CCc2sccc2C1C1CC1. The van der Waals surface area contributed by atoms with E-state index in [1.807, 2.05) is 11.3 Å². The molecule has 0 spiro atoms. The van der Waals surface area contributed by atoms with E-state index in [0.29, 0.717) is 17.9 Å². The molecule has 1 aliphatic heterocycles. The van der Waals surface area contributed by atoms with Gasteiger partial charge in [0.1, 0.15) is 0 Å². The van der Waals surface area contributed by atoms with Gasteiger partial charge in [0, 0.05) is 17.3 Å². The van der Waals surface area contributed by atoms with Gasteiger partial charge in [-0.3, -0.25) is 4.79 Å². The number of carbonyl (C=O) groups is 1. The van der Waals surface area contributed by atoms with E-state index in [2.05, 4.69) is 16.3 Å². The van der Waals surface area contributed by atoms with E-state index in [1.165, 1.54) is 37.7 Å². The maximum Gasteiger partial charge on any atom is 0.226 e. The molecule has 0 bridgehead atoms. The van der Waals surface area contributed by atoms with Crippen molar-refractivity contribution < 1.29 is 4.79 Å². The topological polar surface area (TPSA) is 20.3 Å². The van der Waals surface area contributed by atoms with Crippen LogP contribution in [0.25, 0.3) is 0 Å². The summed E-state index contributed by atoms with van der Waals surface area (Å²) in [6, 6.07) is 2.71. The Hall–Kier alpha value is -0.830. The normalized spacial score (nSPS) is 38.5. The second-order valence-corrected chi connectivity index (χ2v) is 8.29. The maximum absolute atomic E-state index is 13.0. The highest BCUT2D eigenvalue weighted by Crippen LogP contribution is 2.56. The second-order valence-electron chi connectivity index (χ2n) is 7.29. The van der Waals surface area contributed by atoms with Gasteiger partial charge in [0.05, 0.1) is 6.04 Å². The molecule has 3 fully saturated rings. The summed E-state index contributed by atoms with van der Waals surface area (Å²) in [5, 5.41) is 2.22. The Balaban J connectivity index is 1.43. The highest BCUT2D eigenvalue weighted by molar-refractivity contribution is 7.10. The maximum atomic E-state index is 13.0. The fourth-order valence-corrected chi connectivity index (χ4v) is 5.58. The van der Waals surface area contributed by atoms with Crippen LogP contribution in [0.2, 0.25) is 0 Å². The Bertz CT molecular complexity index is 551. The smallest absolute Gasteiger partial charge is 0.226 e. The van der Waals surface area contributed by atoms with E-state index in [0.717, 1.165) is 30.7 Å². The minimum Gasteiger partial charge on any atom is -0.335 e. The van der Waals surface area contributed by atoms with Crippen LogP contribution in [0.5, 0.6) is 0 Å². The van der Waals surface area contributed by atoms with E-state index in [-0.39, 0.29) is 0 Å². The Morgan fingerprint density at radius 3 is 2.70 bits per heavy atom. The molecular weight excluding hydrogens is 266 g/mol. The molecule has 106 valence electrons. The predicted molar refractivity (Wildman–Crippen MR) is 79.5 cm³/mol. The first-order valence-electron chi connectivity index (χ1n) is 8.18. The predicted octanol–water partition coefficient (Wildman–Crippen LogP) is 3.63. The minimum absolute atomic E-state index is 0.361. The highest BCUT2D eigenvalue weighted by Gasteiger charge is 2.51. The van der Waals surface area contributed by atoms with Gasteiger partial charge in [-0.05, 0) is 73.3 Å². The average molecular weight is 287 g/mol. The summed E-state index contributed by atoms with van der Waals surface area (Å²) in [4.78, 5) is 16.8. The third kappa shape index (κ3) is 1.71. The first kappa shape index (κ1) is 11.8. The van der Waals surface area contributed by atoms with Gasteiger partial charge < -0.3 is 4.90 Å². The van der Waals surface area contributed by atoms with Gasteiger partial charge in [-0.25, -0.2) is 0 Å². The number of fused-ring (bicyclic) bond motifs is 2. The second kappa shape index (κ2) is 4.09. The minimum atomic E-state index is 0.361. The van der Waals surface area contributed by atoms with Crippen molar-refractivity contribution in [3.05, 3.63) is 21.9 Å². The van der Waals surface area contributed by atoms with Crippen molar-refractivity contribution in [2.75, 3.05) is 6.54 Å². The van der Waals surface area contributed by atoms with Crippen molar-refractivity contribution in [2.24, 2.45) is 23.7 Å². The molecule has 0 radical (unpaired) electrons. The Labute approximate surface area is 124 Å². The van der Waals surface area contributed by atoms with Crippen LogP contribution in [0, 0.1) is 23.7 Å². The van der Waals surface area contributed by atoms with Crippen molar-refractivity contribution in [2.45, 2.75) is 44.6 Å². The van der Waals surface area contributed by atoms with Gasteiger partial charge in [0.25, 0.3) is 0 Å². The quantitative estimate of drug-likeness (QED) is 0.813. The molecule has 5 rings (SSSR count). The lowest BCUT2D eigenvalue weighted by Gasteiger charge is -2.38. The highest BCUT2D eigenvalue weighted by atomic mass is 32.1. The summed E-state index contributed by atoms with van der Waals surface area (Å²) < 4.78 is 0. The van der Waals surface area contributed by atoms with Gasteiger partial charge >= 0.3 is 0 Å². The van der Waals surface area contributed by atoms with Crippen LogP contribution >= 0.6 is 11.3 Å². The fraction of sp³-hybridized carbons (Fsp3) is 0.706. The van der Waals surface area contributed by atoms with Crippen LogP contribution in [0.3, 0.4) is 0 Å². The lowest BCUT2D eigenvalue weighted by molar-refractivity contribution is -0.139. The molecule has 0 saturated heterocycles. The third-order valence-corrected chi connectivity index (χ3v) is 6.95. The van der Waals surface area contributed by atoms with Crippen LogP contribution in [-0.4, -0.2) is 17.4 Å². The lowest BCUT2D eigenvalue weighted by atomic mass is 9.93. The fourth-order valence-electron chi connectivity index (χ4n) is 4.66. The Kier molecular flexibility index (Phi) is 2.41. The molecule has 0 aromatic carbocycles. The van der Waals surface area contributed by atoms with Crippen molar-refractivity contribution in [3.63, 3.8) is 0 Å². The standard InChI is InChI=1S/C17H21NOS/c19-17(13-8-11-7-12(11)9-13)18-5-3-15-14(4-6-20-15)16(18)10-1-2-10/h4,6,10-13,16H,1-3,5,7-9H2. The number of hydrogen-bond acceptors (Lipinski definition) is 2. The lowest BCUT2D eigenvalue weighted by Crippen LogP contribution is -2.43. The van der Waals surface area contributed by atoms with Crippen molar-refractivity contribution in [1.29, 1.82) is 0 Å². The summed E-state index contributed by atoms with van der Waals surface area (Å²) in [6.07, 6.45) is 7.51. The van der Waals surface area contributed by atoms with Crippen LogP contribution in [0.15, 0.2) is 11.4 Å². The van der Waals surface area contributed by atoms with E-state index < -0.39 is 0 Å². The number of nitrogens with zero attached hydrogens (tertiary/aromatic N) is 1. The van der Waals surface area contributed by atoms with Gasteiger partial charge in [0.2, 0.25) is 5.91 Å². The van der Waals surface area contributed by atoms with Gasteiger partial charge in [0.15, 0.2) is 0 Å². The van der Waals surface area contributed by atoms with Gasteiger partial charge in [-0.15, -0.1) is 11.3 Å². The van der Waals surface area contributed by atoms with E-state index in [9.17, 15) is 4.79 Å². The molecule has 1 aromatic rings. The number of rotatable bonds is 2. The van der Waals surface area contributed by atoms with E-state index in [4.69, 9.17) is 0 Å². The monoisotopic (exact) mass is 287 g/mol. The number of amides is 1. The summed E-state index contributed by atoms with van der Waals surface area (Å²) in [6.45, 7) is 0.972. The summed E-state index contributed by atoms with van der Waals surface area (Å²) in [5.41, 5.74) is 1.49. The van der Waals surface area contributed by atoms with Crippen LogP contribution in [-0.2, 0) is 11.2 Å².